The molecule has 0 bridgehead atoms. The van der Waals surface area contributed by atoms with Crippen molar-refractivity contribution in [1.82, 2.24) is 10.2 Å². The predicted molar refractivity (Wildman–Crippen MR) is 94.2 cm³/mol. The van der Waals surface area contributed by atoms with Gasteiger partial charge in [0.25, 0.3) is 5.89 Å². The van der Waals surface area contributed by atoms with E-state index in [4.69, 9.17) is 9.15 Å². The molecule has 0 spiro atoms. The van der Waals surface area contributed by atoms with Gasteiger partial charge >= 0.3 is 5.97 Å². The van der Waals surface area contributed by atoms with Crippen LogP contribution < -0.4 is 0 Å². The molecule has 0 aliphatic heterocycles. The largest absolute Gasteiger partial charge is 0.449 e. The number of carbonyl (C=O) groups is 1. The molecular formula is C20H20N2O3. The van der Waals surface area contributed by atoms with Gasteiger partial charge in [0.2, 0.25) is 5.89 Å². The monoisotopic (exact) mass is 336 g/mol. The van der Waals surface area contributed by atoms with Crippen LogP contribution >= 0.6 is 0 Å². The number of aryl methyl sites for hydroxylation is 3. The fraction of sp³-hybridized carbons (Fsp3) is 0.250. The van der Waals surface area contributed by atoms with Crippen LogP contribution in [0.3, 0.4) is 0 Å². The second-order valence-electron chi connectivity index (χ2n) is 6.16. The Kier molecular flexibility index (Phi) is 4.65. The maximum Gasteiger partial charge on any atom is 0.338 e. The number of ether oxygens (including phenoxy) is 1. The van der Waals surface area contributed by atoms with E-state index in [0.29, 0.717) is 11.5 Å². The van der Waals surface area contributed by atoms with E-state index < -0.39 is 12.1 Å². The lowest BCUT2D eigenvalue weighted by molar-refractivity contribution is 0.0280. The van der Waals surface area contributed by atoms with Gasteiger partial charge in [0.1, 0.15) is 0 Å². The van der Waals surface area contributed by atoms with Crippen LogP contribution in [-0.4, -0.2) is 16.2 Å². The molecule has 128 valence electrons. The van der Waals surface area contributed by atoms with Gasteiger partial charge in [-0.1, -0.05) is 23.8 Å². The molecule has 0 radical (unpaired) electrons. The molecule has 2 aromatic carbocycles. The van der Waals surface area contributed by atoms with Crippen molar-refractivity contribution in [3.8, 4) is 11.5 Å². The van der Waals surface area contributed by atoms with Gasteiger partial charge in [0, 0.05) is 5.56 Å². The van der Waals surface area contributed by atoms with Gasteiger partial charge in [-0.2, -0.15) is 0 Å². The maximum atomic E-state index is 12.3. The SMILES string of the molecule is Cc1ccc(-c2nnc([C@H](C)OC(=O)c3ccc(C)c(C)c3)o2)cc1. The molecule has 0 N–H and O–H groups in total. The first kappa shape index (κ1) is 16.9. The quantitative estimate of drug-likeness (QED) is 0.652. The summed E-state index contributed by atoms with van der Waals surface area (Å²) < 4.78 is 11.1. The van der Waals surface area contributed by atoms with Crippen molar-refractivity contribution < 1.29 is 13.9 Å². The summed E-state index contributed by atoms with van der Waals surface area (Å²) in [5.74, 6) is 0.266. The van der Waals surface area contributed by atoms with Crippen molar-refractivity contribution in [2.24, 2.45) is 0 Å². The van der Waals surface area contributed by atoms with Gasteiger partial charge in [-0.05, 0) is 63.1 Å². The minimum Gasteiger partial charge on any atom is -0.449 e. The lowest BCUT2D eigenvalue weighted by Crippen LogP contribution is -2.10. The highest BCUT2D eigenvalue weighted by molar-refractivity contribution is 5.89. The summed E-state index contributed by atoms with van der Waals surface area (Å²) in [6.07, 6.45) is -0.624. The third kappa shape index (κ3) is 3.76. The fourth-order valence-electron chi connectivity index (χ4n) is 2.36. The van der Waals surface area contributed by atoms with E-state index in [1.807, 2.05) is 57.2 Å². The highest BCUT2D eigenvalue weighted by Crippen LogP contribution is 2.23. The molecule has 0 aliphatic rings. The fourth-order valence-corrected chi connectivity index (χ4v) is 2.36. The molecule has 5 heteroatoms. The van der Waals surface area contributed by atoms with Gasteiger partial charge in [0.05, 0.1) is 5.56 Å². The summed E-state index contributed by atoms with van der Waals surface area (Å²) in [5, 5.41) is 8.03. The standard InChI is InChI=1S/C20H20N2O3/c1-12-5-8-16(9-6-12)19-22-21-18(25-19)15(4)24-20(23)17-10-7-13(2)14(3)11-17/h5-11,15H,1-4H3/t15-/m0/s1. The van der Waals surface area contributed by atoms with Gasteiger partial charge in [-0.25, -0.2) is 4.79 Å². The van der Waals surface area contributed by atoms with E-state index >= 15 is 0 Å². The zero-order chi connectivity index (χ0) is 18.0. The number of benzene rings is 2. The summed E-state index contributed by atoms with van der Waals surface area (Å²) in [6, 6.07) is 13.2. The molecule has 1 heterocycles. The van der Waals surface area contributed by atoms with E-state index in [0.717, 1.165) is 22.3 Å². The van der Waals surface area contributed by atoms with Crippen molar-refractivity contribution >= 4 is 5.97 Å². The third-order valence-electron chi connectivity index (χ3n) is 4.11. The zero-order valence-corrected chi connectivity index (χ0v) is 14.7. The average molecular weight is 336 g/mol. The smallest absolute Gasteiger partial charge is 0.338 e. The molecule has 5 nitrogen and oxygen atoms in total. The van der Waals surface area contributed by atoms with Crippen molar-refractivity contribution in [3.05, 3.63) is 70.6 Å². The van der Waals surface area contributed by atoms with E-state index in [1.54, 1.807) is 13.0 Å². The maximum absolute atomic E-state index is 12.3. The van der Waals surface area contributed by atoms with Crippen LogP contribution in [0.15, 0.2) is 46.9 Å². The lowest BCUT2D eigenvalue weighted by atomic mass is 10.1. The number of hydrogen-bond donors (Lipinski definition) is 0. The molecular weight excluding hydrogens is 316 g/mol. The van der Waals surface area contributed by atoms with Crippen LogP contribution in [0, 0.1) is 20.8 Å². The molecule has 3 aromatic rings. The first-order valence-corrected chi connectivity index (χ1v) is 8.12. The minimum absolute atomic E-state index is 0.271. The Labute approximate surface area is 146 Å². The molecule has 1 aromatic heterocycles. The van der Waals surface area contributed by atoms with Crippen molar-refractivity contribution in [1.29, 1.82) is 0 Å². The molecule has 0 unspecified atom stereocenters. The Bertz CT molecular complexity index is 898. The van der Waals surface area contributed by atoms with Gasteiger partial charge in [-0.3, -0.25) is 0 Å². The summed E-state index contributed by atoms with van der Waals surface area (Å²) in [7, 11) is 0. The normalized spacial score (nSPS) is 12.0. The zero-order valence-electron chi connectivity index (χ0n) is 14.7. The van der Waals surface area contributed by atoms with Crippen molar-refractivity contribution in [3.63, 3.8) is 0 Å². The highest BCUT2D eigenvalue weighted by atomic mass is 16.6. The topological polar surface area (TPSA) is 65.2 Å². The highest BCUT2D eigenvalue weighted by Gasteiger charge is 2.20. The number of rotatable bonds is 4. The molecule has 0 aliphatic carbocycles. The summed E-state index contributed by atoms with van der Waals surface area (Å²) in [4.78, 5) is 12.3. The molecule has 0 saturated carbocycles. The Morgan fingerprint density at radius 3 is 2.40 bits per heavy atom. The van der Waals surface area contributed by atoms with Gasteiger partial charge in [0.15, 0.2) is 6.10 Å². The number of aromatic nitrogens is 2. The molecule has 0 amide bonds. The van der Waals surface area contributed by atoms with Crippen LogP contribution in [0.5, 0.6) is 0 Å². The molecule has 0 fully saturated rings. The summed E-state index contributed by atoms with van der Waals surface area (Å²) in [6.45, 7) is 7.68. The average Bonchev–Trinajstić information content (AvgIpc) is 3.08. The molecule has 3 rings (SSSR count). The summed E-state index contributed by atoms with van der Waals surface area (Å²) >= 11 is 0. The molecule has 25 heavy (non-hydrogen) atoms. The molecule has 1 atom stereocenters. The van der Waals surface area contributed by atoms with E-state index in [-0.39, 0.29) is 5.89 Å². The summed E-state index contributed by atoms with van der Waals surface area (Å²) in [5.41, 5.74) is 4.66. The van der Waals surface area contributed by atoms with Crippen molar-refractivity contribution in [2.45, 2.75) is 33.8 Å². The van der Waals surface area contributed by atoms with Crippen LogP contribution in [-0.2, 0) is 4.74 Å². The minimum atomic E-state index is -0.624. The van der Waals surface area contributed by atoms with E-state index in [1.165, 1.54) is 0 Å². The Morgan fingerprint density at radius 2 is 1.72 bits per heavy atom. The Hall–Kier alpha value is -2.95. The van der Waals surface area contributed by atoms with Crippen LogP contribution in [0.2, 0.25) is 0 Å². The predicted octanol–water partition coefficient (Wildman–Crippen LogP) is 4.58. The van der Waals surface area contributed by atoms with Crippen LogP contribution in [0.1, 0.15) is 46.0 Å². The second kappa shape index (κ2) is 6.89. The van der Waals surface area contributed by atoms with Crippen LogP contribution in [0.4, 0.5) is 0 Å². The Balaban J connectivity index is 1.73. The van der Waals surface area contributed by atoms with E-state index in [9.17, 15) is 4.79 Å². The number of esters is 1. The number of hydrogen-bond acceptors (Lipinski definition) is 5. The number of nitrogens with zero attached hydrogens (tertiary/aromatic N) is 2. The van der Waals surface area contributed by atoms with Crippen molar-refractivity contribution in [2.75, 3.05) is 0 Å². The first-order chi connectivity index (χ1) is 11.9. The number of carbonyl (C=O) groups excluding carboxylic acids is 1. The molecule has 0 saturated heterocycles. The third-order valence-corrected chi connectivity index (χ3v) is 4.11. The van der Waals surface area contributed by atoms with Gasteiger partial charge in [-0.15, -0.1) is 10.2 Å². The second-order valence-corrected chi connectivity index (χ2v) is 6.16. The van der Waals surface area contributed by atoms with E-state index in [2.05, 4.69) is 10.2 Å². The van der Waals surface area contributed by atoms with Gasteiger partial charge < -0.3 is 9.15 Å². The first-order valence-electron chi connectivity index (χ1n) is 8.12. The lowest BCUT2D eigenvalue weighted by Gasteiger charge is -2.10. The van der Waals surface area contributed by atoms with Crippen LogP contribution in [0.25, 0.3) is 11.5 Å². The Morgan fingerprint density at radius 1 is 1.00 bits per heavy atom.